The Bertz CT molecular complexity index is 606. The molecule has 0 saturated carbocycles. The van der Waals surface area contributed by atoms with Crippen LogP contribution in [0, 0.1) is 6.92 Å². The zero-order valence-corrected chi connectivity index (χ0v) is 17.2. The van der Waals surface area contributed by atoms with Crippen LogP contribution in [0.15, 0.2) is 15.8 Å². The molecule has 0 aromatic carbocycles. The van der Waals surface area contributed by atoms with E-state index < -0.39 is 0 Å². The van der Waals surface area contributed by atoms with Gasteiger partial charge in [-0.3, -0.25) is 4.99 Å². The highest BCUT2D eigenvalue weighted by molar-refractivity contribution is 14.0. The lowest BCUT2D eigenvalue weighted by atomic mass is 10.2. The molecule has 2 N–H and O–H groups in total. The molecule has 0 aliphatic carbocycles. The van der Waals surface area contributed by atoms with Crippen molar-refractivity contribution < 1.29 is 0 Å². The molecular weight excluding hydrogens is 429 g/mol. The monoisotopic (exact) mass is 451 g/mol. The number of aliphatic imine (C=N–C) groups is 1. The highest BCUT2D eigenvalue weighted by atomic mass is 127. The first kappa shape index (κ1) is 19.3. The first-order valence-corrected chi connectivity index (χ1v) is 8.64. The van der Waals surface area contributed by atoms with E-state index in [0.29, 0.717) is 19.0 Å². The molecule has 5 nitrogen and oxygen atoms in total. The molecule has 0 bridgehead atoms. The van der Waals surface area contributed by atoms with Crippen LogP contribution in [0.3, 0.4) is 0 Å². The van der Waals surface area contributed by atoms with E-state index in [1.165, 1.54) is 0 Å². The van der Waals surface area contributed by atoms with Gasteiger partial charge in [-0.2, -0.15) is 0 Å². The molecule has 2 heterocycles. The molecule has 2 aromatic rings. The van der Waals surface area contributed by atoms with Crippen LogP contribution in [0.4, 0.5) is 0 Å². The normalized spacial score (nSPS) is 11.4. The van der Waals surface area contributed by atoms with Gasteiger partial charge in [0, 0.05) is 23.5 Å². The quantitative estimate of drug-likeness (QED) is 0.415. The van der Waals surface area contributed by atoms with Crippen molar-refractivity contribution in [1.82, 2.24) is 20.6 Å². The number of aromatic nitrogens is 2. The summed E-state index contributed by atoms with van der Waals surface area (Å²) in [7, 11) is 1.77. The van der Waals surface area contributed by atoms with Crippen molar-refractivity contribution in [3.63, 3.8) is 0 Å². The predicted octanol–water partition coefficient (Wildman–Crippen LogP) is 3.51. The molecule has 122 valence electrons. The number of halogens is 1. The zero-order chi connectivity index (χ0) is 15.2. The maximum absolute atomic E-state index is 4.60. The minimum absolute atomic E-state index is 0. The number of hydrogen-bond acceptors (Lipinski definition) is 5. The van der Waals surface area contributed by atoms with E-state index in [9.17, 15) is 0 Å². The standard InChI is InChI=1S/C14H21N5S2.HI/c1-9(2)11-8-21-13(19-11)6-17-14(15-4)16-5-12-18-10(3)7-20-12;/h7-9H,5-6H2,1-4H3,(H2,15,16,17);1H. The molecule has 0 radical (unpaired) electrons. The molecule has 8 heteroatoms. The van der Waals surface area contributed by atoms with Crippen molar-refractivity contribution in [2.45, 2.75) is 39.8 Å². The molecule has 2 rings (SSSR count). The van der Waals surface area contributed by atoms with Gasteiger partial charge in [-0.15, -0.1) is 46.7 Å². The van der Waals surface area contributed by atoms with Gasteiger partial charge in [-0.05, 0) is 12.8 Å². The first-order valence-electron chi connectivity index (χ1n) is 6.88. The average molecular weight is 451 g/mol. The number of nitrogens with one attached hydrogen (secondary N) is 2. The van der Waals surface area contributed by atoms with Crippen molar-refractivity contribution in [3.8, 4) is 0 Å². The van der Waals surface area contributed by atoms with E-state index in [1.807, 2.05) is 6.92 Å². The van der Waals surface area contributed by atoms with Gasteiger partial charge >= 0.3 is 0 Å². The van der Waals surface area contributed by atoms with Crippen molar-refractivity contribution in [1.29, 1.82) is 0 Å². The summed E-state index contributed by atoms with van der Waals surface area (Å²) in [4.78, 5) is 13.2. The first-order chi connectivity index (χ1) is 10.1. The highest BCUT2D eigenvalue weighted by Gasteiger charge is 2.06. The van der Waals surface area contributed by atoms with E-state index in [-0.39, 0.29) is 24.0 Å². The fourth-order valence-electron chi connectivity index (χ4n) is 1.69. The fraction of sp³-hybridized carbons (Fsp3) is 0.500. The summed E-state index contributed by atoms with van der Waals surface area (Å²) in [6, 6.07) is 0. The Kier molecular flexibility index (Phi) is 8.26. The molecular formula is C14H22IN5S2. The van der Waals surface area contributed by atoms with Gasteiger partial charge in [0.15, 0.2) is 5.96 Å². The molecule has 0 fully saturated rings. The number of thiazole rings is 2. The summed E-state index contributed by atoms with van der Waals surface area (Å²) >= 11 is 3.34. The SMILES string of the molecule is CN=C(NCc1nc(C)cs1)NCc1nc(C(C)C)cs1.I. The largest absolute Gasteiger partial charge is 0.350 e. The lowest BCUT2D eigenvalue weighted by molar-refractivity contribution is 0.782. The van der Waals surface area contributed by atoms with Gasteiger partial charge in [0.1, 0.15) is 10.0 Å². The number of nitrogens with zero attached hydrogens (tertiary/aromatic N) is 3. The molecule has 0 spiro atoms. The Balaban J connectivity index is 0.00000242. The third-order valence-corrected chi connectivity index (χ3v) is 4.70. The third kappa shape index (κ3) is 5.81. The summed E-state index contributed by atoms with van der Waals surface area (Å²) < 4.78 is 0. The minimum Gasteiger partial charge on any atom is -0.350 e. The van der Waals surface area contributed by atoms with Crippen LogP contribution in [0.25, 0.3) is 0 Å². The van der Waals surface area contributed by atoms with Crippen LogP contribution in [-0.2, 0) is 13.1 Å². The molecule has 0 saturated heterocycles. The number of guanidine groups is 1. The number of hydrogen-bond donors (Lipinski definition) is 2. The van der Waals surface area contributed by atoms with Gasteiger partial charge in [0.05, 0.1) is 18.8 Å². The van der Waals surface area contributed by atoms with E-state index in [0.717, 1.165) is 27.4 Å². The number of aryl methyl sites for hydroxylation is 1. The zero-order valence-electron chi connectivity index (χ0n) is 13.2. The molecule has 0 aliphatic rings. The van der Waals surface area contributed by atoms with E-state index >= 15 is 0 Å². The highest BCUT2D eigenvalue weighted by Crippen LogP contribution is 2.17. The smallest absolute Gasteiger partial charge is 0.191 e. The topological polar surface area (TPSA) is 62.2 Å². The summed E-state index contributed by atoms with van der Waals surface area (Å²) in [6.07, 6.45) is 0. The predicted molar refractivity (Wildman–Crippen MR) is 106 cm³/mol. The van der Waals surface area contributed by atoms with Gasteiger partial charge in [0.2, 0.25) is 0 Å². The van der Waals surface area contributed by atoms with Crippen molar-refractivity contribution in [3.05, 3.63) is 32.2 Å². The van der Waals surface area contributed by atoms with Crippen LogP contribution in [0.1, 0.15) is 41.2 Å². The maximum Gasteiger partial charge on any atom is 0.191 e. The van der Waals surface area contributed by atoms with E-state index in [2.05, 4.69) is 50.2 Å². The maximum atomic E-state index is 4.60. The van der Waals surface area contributed by atoms with Gasteiger partial charge in [-0.1, -0.05) is 13.8 Å². The summed E-state index contributed by atoms with van der Waals surface area (Å²) in [5.41, 5.74) is 2.21. The molecule has 2 aromatic heterocycles. The second-order valence-corrected chi connectivity index (χ2v) is 6.87. The second-order valence-electron chi connectivity index (χ2n) is 4.98. The van der Waals surface area contributed by atoms with E-state index in [4.69, 9.17) is 0 Å². The van der Waals surface area contributed by atoms with Crippen molar-refractivity contribution in [2.24, 2.45) is 4.99 Å². The van der Waals surface area contributed by atoms with Crippen LogP contribution >= 0.6 is 46.7 Å². The van der Waals surface area contributed by atoms with E-state index in [1.54, 1.807) is 29.7 Å². The Morgan fingerprint density at radius 1 is 1.14 bits per heavy atom. The molecule has 22 heavy (non-hydrogen) atoms. The van der Waals surface area contributed by atoms with Gasteiger partial charge < -0.3 is 10.6 Å². The lowest BCUT2D eigenvalue weighted by Gasteiger charge is -2.09. The third-order valence-electron chi connectivity index (χ3n) is 2.87. The Morgan fingerprint density at radius 2 is 1.73 bits per heavy atom. The fourth-order valence-corrected chi connectivity index (χ4v) is 3.30. The Hall–Kier alpha value is -0.740. The summed E-state index contributed by atoms with van der Waals surface area (Å²) in [5, 5.41) is 12.9. The van der Waals surface area contributed by atoms with Crippen LogP contribution in [0.2, 0.25) is 0 Å². The second kappa shape index (κ2) is 9.41. The Labute approximate surface area is 156 Å². The number of rotatable bonds is 5. The summed E-state index contributed by atoms with van der Waals surface area (Å²) in [6.45, 7) is 7.69. The molecule has 0 atom stereocenters. The van der Waals surface area contributed by atoms with Crippen LogP contribution < -0.4 is 10.6 Å². The average Bonchev–Trinajstić information content (AvgIpc) is 3.08. The lowest BCUT2D eigenvalue weighted by Crippen LogP contribution is -2.36. The van der Waals surface area contributed by atoms with Crippen LogP contribution in [-0.4, -0.2) is 23.0 Å². The Morgan fingerprint density at radius 3 is 2.18 bits per heavy atom. The van der Waals surface area contributed by atoms with Gasteiger partial charge in [-0.25, -0.2) is 9.97 Å². The summed E-state index contributed by atoms with van der Waals surface area (Å²) in [5.74, 6) is 1.24. The van der Waals surface area contributed by atoms with Crippen LogP contribution in [0.5, 0.6) is 0 Å². The molecule has 0 aliphatic heterocycles. The molecule has 0 unspecified atom stereocenters. The molecule has 0 amide bonds. The van der Waals surface area contributed by atoms with Gasteiger partial charge in [0.25, 0.3) is 0 Å². The van der Waals surface area contributed by atoms with Crippen molar-refractivity contribution in [2.75, 3.05) is 7.05 Å². The minimum atomic E-state index is 0. The van der Waals surface area contributed by atoms with Crippen molar-refractivity contribution >= 4 is 52.6 Å².